The Morgan fingerprint density at radius 1 is 0.938 bits per heavy atom. The van der Waals surface area contributed by atoms with Crippen LogP contribution in [0.2, 0.25) is 0 Å². The molecule has 0 bridgehead atoms. The van der Waals surface area contributed by atoms with Gasteiger partial charge < -0.3 is 4.74 Å². The monoisotopic (exact) mass is 233 g/mol. The lowest BCUT2D eigenvalue weighted by Crippen LogP contribution is -1.96. The van der Waals surface area contributed by atoms with Crippen LogP contribution in [-0.2, 0) is 6.61 Å². The number of para-hydroxylation sites is 2. The molecule has 0 spiro atoms. The second-order valence-electron chi connectivity index (χ2n) is 3.36. The van der Waals surface area contributed by atoms with Gasteiger partial charge in [-0.15, -0.1) is 0 Å². The van der Waals surface area contributed by atoms with Crippen molar-refractivity contribution in [3.05, 3.63) is 60.2 Å². The number of ether oxygens (including phenoxy) is 1. The van der Waals surface area contributed by atoms with E-state index in [1.54, 1.807) is 0 Å². The second-order valence-corrected chi connectivity index (χ2v) is 3.55. The molecular weight excluding hydrogens is 222 g/mol. The maximum Gasteiger partial charge on any atom is 0.144 e. The predicted octanol–water partition coefficient (Wildman–Crippen LogP) is 3.83. The minimum Gasteiger partial charge on any atom is -0.487 e. The zero-order chi connectivity index (χ0) is 11.2. The first kappa shape index (κ1) is 10.8. The third-order valence-electron chi connectivity index (χ3n) is 2.23. The Labute approximate surface area is 99.9 Å². The van der Waals surface area contributed by atoms with E-state index in [0.717, 1.165) is 17.0 Å². The molecule has 0 aliphatic heterocycles. The smallest absolute Gasteiger partial charge is 0.144 e. The number of hydrogen-bond acceptors (Lipinski definition) is 2. The molecule has 2 aromatic carbocycles. The SMILES string of the molecule is ClNc1ccccc1OCc1ccccc1. The van der Waals surface area contributed by atoms with Gasteiger partial charge in [0.1, 0.15) is 12.4 Å². The van der Waals surface area contributed by atoms with Gasteiger partial charge in [-0.1, -0.05) is 42.5 Å². The van der Waals surface area contributed by atoms with Crippen LogP contribution in [0.5, 0.6) is 5.75 Å². The first-order chi connectivity index (χ1) is 7.90. The Balaban J connectivity index is 2.05. The molecule has 0 fully saturated rings. The van der Waals surface area contributed by atoms with E-state index < -0.39 is 0 Å². The molecule has 0 saturated carbocycles. The third kappa shape index (κ3) is 2.67. The summed E-state index contributed by atoms with van der Waals surface area (Å²) >= 11 is 5.58. The van der Waals surface area contributed by atoms with Gasteiger partial charge in [0.05, 0.1) is 5.69 Å². The summed E-state index contributed by atoms with van der Waals surface area (Å²) in [5.41, 5.74) is 1.91. The van der Waals surface area contributed by atoms with Crippen molar-refractivity contribution >= 4 is 17.5 Å². The van der Waals surface area contributed by atoms with Crippen molar-refractivity contribution in [2.75, 3.05) is 4.84 Å². The van der Waals surface area contributed by atoms with Crippen molar-refractivity contribution in [3.8, 4) is 5.75 Å². The number of hydrogen-bond donors (Lipinski definition) is 1. The van der Waals surface area contributed by atoms with Gasteiger partial charge in [-0.25, -0.2) is 0 Å². The zero-order valence-corrected chi connectivity index (χ0v) is 9.45. The van der Waals surface area contributed by atoms with E-state index in [9.17, 15) is 0 Å². The molecule has 1 N–H and O–H groups in total. The molecule has 0 atom stereocenters. The van der Waals surface area contributed by atoms with Gasteiger partial charge in [-0.3, -0.25) is 4.84 Å². The Morgan fingerprint density at radius 3 is 2.38 bits per heavy atom. The summed E-state index contributed by atoms with van der Waals surface area (Å²) in [4.78, 5) is 2.58. The fourth-order valence-electron chi connectivity index (χ4n) is 1.41. The summed E-state index contributed by atoms with van der Waals surface area (Å²) in [7, 11) is 0. The third-order valence-corrected chi connectivity index (χ3v) is 2.43. The lowest BCUT2D eigenvalue weighted by atomic mass is 10.2. The van der Waals surface area contributed by atoms with Gasteiger partial charge in [0.15, 0.2) is 0 Å². The highest BCUT2D eigenvalue weighted by Gasteiger charge is 2.01. The number of benzene rings is 2. The van der Waals surface area contributed by atoms with Gasteiger partial charge in [0, 0.05) is 11.8 Å². The van der Waals surface area contributed by atoms with Crippen LogP contribution in [0.3, 0.4) is 0 Å². The van der Waals surface area contributed by atoms with Crippen LogP contribution in [0.4, 0.5) is 5.69 Å². The van der Waals surface area contributed by atoms with Crippen LogP contribution < -0.4 is 9.57 Å². The molecule has 0 radical (unpaired) electrons. The first-order valence-electron chi connectivity index (χ1n) is 5.02. The van der Waals surface area contributed by atoms with Gasteiger partial charge in [0.2, 0.25) is 0 Å². The molecule has 2 aromatic rings. The molecule has 0 aliphatic rings. The lowest BCUT2D eigenvalue weighted by Gasteiger charge is -2.09. The Morgan fingerprint density at radius 2 is 1.62 bits per heavy atom. The minimum atomic E-state index is 0.538. The molecule has 16 heavy (non-hydrogen) atoms. The van der Waals surface area contributed by atoms with Crippen molar-refractivity contribution in [3.63, 3.8) is 0 Å². The molecule has 0 aliphatic carbocycles. The number of rotatable bonds is 4. The fraction of sp³-hybridized carbons (Fsp3) is 0.0769. The van der Waals surface area contributed by atoms with E-state index in [1.807, 2.05) is 54.6 Å². The summed E-state index contributed by atoms with van der Waals surface area (Å²) in [5.74, 6) is 0.751. The average molecular weight is 234 g/mol. The molecule has 0 unspecified atom stereocenters. The van der Waals surface area contributed by atoms with Crippen molar-refractivity contribution in [1.29, 1.82) is 0 Å². The number of halogens is 1. The lowest BCUT2D eigenvalue weighted by molar-refractivity contribution is 0.308. The molecule has 0 aromatic heterocycles. The van der Waals surface area contributed by atoms with E-state index in [1.165, 1.54) is 0 Å². The van der Waals surface area contributed by atoms with Crippen LogP contribution in [-0.4, -0.2) is 0 Å². The molecule has 2 rings (SSSR count). The highest BCUT2D eigenvalue weighted by Crippen LogP contribution is 2.25. The van der Waals surface area contributed by atoms with Crippen LogP contribution in [0.15, 0.2) is 54.6 Å². The van der Waals surface area contributed by atoms with Crippen molar-refractivity contribution < 1.29 is 4.74 Å². The molecular formula is C13H12ClNO. The molecule has 82 valence electrons. The van der Waals surface area contributed by atoms with Crippen LogP contribution in [0, 0.1) is 0 Å². The van der Waals surface area contributed by atoms with Crippen molar-refractivity contribution in [2.45, 2.75) is 6.61 Å². The fourth-order valence-corrected chi connectivity index (χ4v) is 1.56. The highest BCUT2D eigenvalue weighted by atomic mass is 35.5. The van der Waals surface area contributed by atoms with Crippen LogP contribution >= 0.6 is 11.8 Å². The van der Waals surface area contributed by atoms with Gasteiger partial charge in [-0.05, 0) is 17.7 Å². The second kappa shape index (κ2) is 5.42. The maximum absolute atomic E-state index is 5.67. The van der Waals surface area contributed by atoms with E-state index in [0.29, 0.717) is 6.61 Å². The molecule has 0 saturated heterocycles. The van der Waals surface area contributed by atoms with E-state index in [2.05, 4.69) is 4.84 Å². The minimum absolute atomic E-state index is 0.538. The van der Waals surface area contributed by atoms with Crippen LogP contribution in [0.25, 0.3) is 0 Å². The molecule has 0 heterocycles. The maximum atomic E-state index is 5.67. The summed E-state index contributed by atoms with van der Waals surface area (Å²) in [5, 5.41) is 0. The molecule has 0 amide bonds. The predicted molar refractivity (Wildman–Crippen MR) is 66.7 cm³/mol. The van der Waals surface area contributed by atoms with Gasteiger partial charge >= 0.3 is 0 Å². The standard InChI is InChI=1S/C13H12ClNO/c14-15-12-8-4-5-9-13(12)16-10-11-6-2-1-3-7-11/h1-9,15H,10H2. The van der Waals surface area contributed by atoms with Crippen molar-refractivity contribution in [1.82, 2.24) is 0 Å². The molecule has 2 nitrogen and oxygen atoms in total. The summed E-state index contributed by atoms with van der Waals surface area (Å²) in [6, 6.07) is 17.6. The van der Waals surface area contributed by atoms with E-state index in [4.69, 9.17) is 16.5 Å². The van der Waals surface area contributed by atoms with Gasteiger partial charge in [0.25, 0.3) is 0 Å². The zero-order valence-electron chi connectivity index (χ0n) is 8.69. The highest BCUT2D eigenvalue weighted by molar-refractivity contribution is 6.24. The quantitative estimate of drug-likeness (QED) is 0.811. The summed E-state index contributed by atoms with van der Waals surface area (Å²) < 4.78 is 5.67. The summed E-state index contributed by atoms with van der Waals surface area (Å²) in [6.07, 6.45) is 0. The Bertz CT molecular complexity index is 445. The largest absolute Gasteiger partial charge is 0.487 e. The normalized spacial score (nSPS) is 9.81. The van der Waals surface area contributed by atoms with E-state index >= 15 is 0 Å². The van der Waals surface area contributed by atoms with Gasteiger partial charge in [-0.2, -0.15) is 0 Å². The number of nitrogens with one attached hydrogen (secondary N) is 1. The Hall–Kier alpha value is -1.67. The average Bonchev–Trinajstić information content (AvgIpc) is 2.38. The number of anilines is 1. The van der Waals surface area contributed by atoms with Crippen LogP contribution in [0.1, 0.15) is 5.56 Å². The van der Waals surface area contributed by atoms with Crippen molar-refractivity contribution in [2.24, 2.45) is 0 Å². The topological polar surface area (TPSA) is 21.3 Å². The Kier molecular flexibility index (Phi) is 3.67. The molecule has 3 heteroatoms. The van der Waals surface area contributed by atoms with E-state index in [-0.39, 0.29) is 0 Å². The summed E-state index contributed by atoms with van der Waals surface area (Å²) in [6.45, 7) is 0.538. The first-order valence-corrected chi connectivity index (χ1v) is 5.40.